The van der Waals surface area contributed by atoms with Crippen LogP contribution in [-0.2, 0) is 6.42 Å². The lowest BCUT2D eigenvalue weighted by Crippen LogP contribution is -1.96. The van der Waals surface area contributed by atoms with E-state index >= 15 is 0 Å². The Morgan fingerprint density at radius 1 is 1.32 bits per heavy atom. The Morgan fingerprint density at radius 2 is 2.16 bits per heavy atom. The number of para-hydroxylation sites is 2. The molecule has 19 heavy (non-hydrogen) atoms. The van der Waals surface area contributed by atoms with Crippen molar-refractivity contribution in [2.45, 2.75) is 6.42 Å². The predicted molar refractivity (Wildman–Crippen MR) is 73.5 cm³/mol. The summed E-state index contributed by atoms with van der Waals surface area (Å²) in [6, 6.07) is 11.0. The first kappa shape index (κ1) is 11.7. The fourth-order valence-corrected chi connectivity index (χ4v) is 2.58. The fourth-order valence-electron chi connectivity index (χ4n) is 1.80. The average Bonchev–Trinajstić information content (AvgIpc) is 3.02. The van der Waals surface area contributed by atoms with Crippen LogP contribution in [0.4, 0.5) is 10.7 Å². The summed E-state index contributed by atoms with van der Waals surface area (Å²) < 4.78 is 5.60. The van der Waals surface area contributed by atoms with Gasteiger partial charge in [-0.1, -0.05) is 23.5 Å². The maximum atomic E-state index is 10.6. The summed E-state index contributed by atoms with van der Waals surface area (Å²) in [7, 11) is 0. The Kier molecular flexibility index (Phi) is 2.92. The number of rotatable bonds is 3. The van der Waals surface area contributed by atoms with Crippen LogP contribution in [0.2, 0.25) is 0 Å². The third kappa shape index (κ3) is 2.43. The second-order valence-electron chi connectivity index (χ2n) is 3.99. The van der Waals surface area contributed by atoms with E-state index in [9.17, 15) is 10.1 Å². The second-order valence-corrected chi connectivity index (χ2v) is 5.14. The minimum Gasteiger partial charge on any atom is -0.439 e. The molecule has 0 amide bonds. The van der Waals surface area contributed by atoms with Crippen molar-refractivity contribution in [3.8, 4) is 5.75 Å². The summed E-state index contributed by atoms with van der Waals surface area (Å²) in [6.07, 6.45) is 2.49. The second kappa shape index (κ2) is 4.74. The molecule has 0 bridgehead atoms. The highest BCUT2D eigenvalue weighted by molar-refractivity contribution is 7.15. The number of benzene rings is 1. The lowest BCUT2D eigenvalue weighted by atomic mass is 10.3. The summed E-state index contributed by atoms with van der Waals surface area (Å²) in [5.74, 6) is 1.46. The molecule has 0 saturated carbocycles. The van der Waals surface area contributed by atoms with E-state index in [0.29, 0.717) is 12.3 Å². The molecule has 1 aliphatic heterocycles. The minimum absolute atomic E-state index is 0.164. The first-order valence-corrected chi connectivity index (χ1v) is 6.51. The number of fused-ring (bicyclic) bond motifs is 1. The molecule has 2 heterocycles. The van der Waals surface area contributed by atoms with Gasteiger partial charge in [0.25, 0.3) is 0 Å². The van der Waals surface area contributed by atoms with Gasteiger partial charge in [-0.15, -0.1) is 0 Å². The Bertz CT molecular complexity index is 636. The van der Waals surface area contributed by atoms with Crippen molar-refractivity contribution in [1.29, 1.82) is 0 Å². The van der Waals surface area contributed by atoms with Crippen LogP contribution in [0, 0.1) is 10.1 Å². The van der Waals surface area contributed by atoms with Gasteiger partial charge in [-0.05, 0) is 24.3 Å². The van der Waals surface area contributed by atoms with Crippen LogP contribution in [-0.4, -0.2) is 4.92 Å². The van der Waals surface area contributed by atoms with Crippen LogP contribution >= 0.6 is 11.3 Å². The van der Waals surface area contributed by atoms with Gasteiger partial charge in [0.05, 0.1) is 10.6 Å². The number of nitro groups is 1. The van der Waals surface area contributed by atoms with Crippen LogP contribution in [0.25, 0.3) is 0 Å². The maximum absolute atomic E-state index is 10.6. The van der Waals surface area contributed by atoms with Crippen molar-refractivity contribution in [2.24, 2.45) is 0 Å². The fraction of sp³-hybridized carbons (Fsp3) is 0.0769. The van der Waals surface area contributed by atoms with Gasteiger partial charge in [-0.25, -0.2) is 0 Å². The van der Waals surface area contributed by atoms with E-state index in [4.69, 9.17) is 4.74 Å². The molecule has 0 atom stereocenters. The number of hydrogen-bond donors (Lipinski definition) is 1. The third-order valence-corrected chi connectivity index (χ3v) is 3.74. The van der Waals surface area contributed by atoms with Crippen LogP contribution in [0.3, 0.4) is 0 Å². The van der Waals surface area contributed by atoms with Gasteiger partial charge in [0.15, 0.2) is 11.6 Å². The van der Waals surface area contributed by atoms with Crippen LogP contribution in [0.1, 0.15) is 4.88 Å². The summed E-state index contributed by atoms with van der Waals surface area (Å²) >= 11 is 1.18. The molecular weight excluding hydrogens is 264 g/mol. The Labute approximate surface area is 113 Å². The van der Waals surface area contributed by atoms with Crippen molar-refractivity contribution in [3.63, 3.8) is 0 Å². The molecule has 0 fully saturated rings. The normalized spacial score (nSPS) is 14.8. The Hall–Kier alpha value is -2.34. The number of nitrogens with zero attached hydrogens (tertiary/aromatic N) is 1. The molecule has 96 valence electrons. The molecule has 5 nitrogen and oxygen atoms in total. The van der Waals surface area contributed by atoms with Gasteiger partial charge in [0, 0.05) is 17.4 Å². The van der Waals surface area contributed by atoms with Gasteiger partial charge in [0.2, 0.25) is 0 Å². The van der Waals surface area contributed by atoms with E-state index in [-0.39, 0.29) is 9.92 Å². The van der Waals surface area contributed by atoms with Gasteiger partial charge < -0.3 is 10.1 Å². The molecule has 0 aliphatic carbocycles. The van der Waals surface area contributed by atoms with E-state index in [2.05, 4.69) is 5.32 Å². The minimum atomic E-state index is -0.374. The summed E-state index contributed by atoms with van der Waals surface area (Å²) in [5, 5.41) is 13.9. The molecule has 6 heteroatoms. The zero-order chi connectivity index (χ0) is 13.2. The number of thiophene rings is 1. The maximum Gasteiger partial charge on any atom is 0.324 e. The third-order valence-electron chi connectivity index (χ3n) is 2.68. The number of hydrogen-bond acceptors (Lipinski definition) is 5. The van der Waals surface area contributed by atoms with Gasteiger partial charge in [0.1, 0.15) is 0 Å². The first-order valence-electron chi connectivity index (χ1n) is 5.69. The molecule has 1 aromatic carbocycles. The summed E-state index contributed by atoms with van der Waals surface area (Å²) in [5.41, 5.74) is 0.936. The molecule has 1 aliphatic rings. The largest absolute Gasteiger partial charge is 0.439 e. The lowest BCUT2D eigenvalue weighted by molar-refractivity contribution is -0.380. The highest BCUT2D eigenvalue weighted by Gasteiger charge is 2.15. The lowest BCUT2D eigenvalue weighted by Gasteiger charge is -1.97. The van der Waals surface area contributed by atoms with Gasteiger partial charge >= 0.3 is 5.00 Å². The summed E-state index contributed by atoms with van der Waals surface area (Å²) in [6.45, 7) is 0. The van der Waals surface area contributed by atoms with Crippen LogP contribution < -0.4 is 10.1 Å². The SMILES string of the molecule is O=[N+]([O-])c1ccc(C/C=C2\Nc3ccccc3O2)s1. The number of allylic oxidation sites excluding steroid dienone is 1. The first-order chi connectivity index (χ1) is 9.22. The molecule has 0 spiro atoms. The molecule has 0 saturated heterocycles. The van der Waals surface area contributed by atoms with Gasteiger partial charge in [-0.2, -0.15) is 0 Å². The van der Waals surface area contributed by atoms with Crippen molar-refractivity contribution in [3.05, 3.63) is 63.3 Å². The molecule has 1 N–H and O–H groups in total. The van der Waals surface area contributed by atoms with Crippen LogP contribution in [0.15, 0.2) is 48.4 Å². The topological polar surface area (TPSA) is 64.4 Å². The summed E-state index contributed by atoms with van der Waals surface area (Å²) in [4.78, 5) is 11.1. The highest BCUT2D eigenvalue weighted by atomic mass is 32.1. The van der Waals surface area contributed by atoms with Crippen LogP contribution in [0.5, 0.6) is 5.75 Å². The molecular formula is C13H10N2O3S. The van der Waals surface area contributed by atoms with Crippen molar-refractivity contribution >= 4 is 22.0 Å². The van der Waals surface area contributed by atoms with E-state index in [1.165, 1.54) is 17.4 Å². The average molecular weight is 274 g/mol. The molecule has 0 unspecified atom stereocenters. The monoisotopic (exact) mass is 274 g/mol. The highest BCUT2D eigenvalue weighted by Crippen LogP contribution is 2.33. The van der Waals surface area contributed by atoms with Crippen molar-refractivity contribution in [2.75, 3.05) is 5.32 Å². The van der Waals surface area contributed by atoms with E-state index in [1.54, 1.807) is 6.07 Å². The van der Waals surface area contributed by atoms with Gasteiger partial charge in [-0.3, -0.25) is 10.1 Å². The molecule has 0 radical (unpaired) electrons. The van der Waals surface area contributed by atoms with Crippen molar-refractivity contribution in [1.82, 2.24) is 0 Å². The predicted octanol–water partition coefficient (Wildman–Crippen LogP) is 3.54. The number of anilines is 1. The van der Waals surface area contributed by atoms with Crippen molar-refractivity contribution < 1.29 is 9.66 Å². The molecule has 1 aromatic heterocycles. The Balaban J connectivity index is 1.70. The molecule has 2 aromatic rings. The molecule has 3 rings (SSSR count). The standard InChI is InChI=1S/C13H10N2O3S/c16-15(17)13-8-6-9(19-13)5-7-12-14-10-3-1-2-4-11(10)18-12/h1-4,6-8,14H,5H2/b12-7+. The number of ether oxygens (including phenoxy) is 1. The number of nitrogens with one attached hydrogen (secondary N) is 1. The van der Waals surface area contributed by atoms with E-state index < -0.39 is 0 Å². The Morgan fingerprint density at radius 3 is 2.89 bits per heavy atom. The zero-order valence-electron chi connectivity index (χ0n) is 9.83. The van der Waals surface area contributed by atoms with E-state index in [1.807, 2.05) is 30.3 Å². The quantitative estimate of drug-likeness (QED) is 0.686. The zero-order valence-corrected chi connectivity index (χ0v) is 10.6. The van der Waals surface area contributed by atoms with E-state index in [0.717, 1.165) is 16.3 Å². The smallest absolute Gasteiger partial charge is 0.324 e.